The third-order valence-electron chi connectivity index (χ3n) is 2.48. The number of rotatable bonds is 5. The number of hydrogen-bond donors (Lipinski definition) is 2. The monoisotopic (exact) mass is 350 g/mol. The third kappa shape index (κ3) is 5.03. The lowest BCUT2D eigenvalue weighted by atomic mass is 10.3. The van der Waals surface area contributed by atoms with Gasteiger partial charge in [-0.25, -0.2) is 9.97 Å². The topological polar surface area (TPSA) is 76.1 Å². The molecule has 1 aromatic heterocycles. The summed E-state index contributed by atoms with van der Waals surface area (Å²) in [4.78, 5) is 20.0. The van der Waals surface area contributed by atoms with Crippen molar-refractivity contribution in [3.63, 3.8) is 0 Å². The molecular formula is C14H15BrN4O2. The van der Waals surface area contributed by atoms with E-state index in [0.29, 0.717) is 11.7 Å². The van der Waals surface area contributed by atoms with E-state index in [2.05, 4.69) is 36.7 Å². The zero-order valence-electron chi connectivity index (χ0n) is 11.7. The zero-order valence-corrected chi connectivity index (χ0v) is 13.3. The van der Waals surface area contributed by atoms with E-state index >= 15 is 0 Å². The summed E-state index contributed by atoms with van der Waals surface area (Å²) in [6.07, 6.45) is 0. The summed E-state index contributed by atoms with van der Waals surface area (Å²) in [5.74, 6) is 0.654. The molecule has 0 aliphatic rings. The number of hydrazine groups is 1. The van der Waals surface area contributed by atoms with Crippen molar-refractivity contribution in [3.8, 4) is 5.75 Å². The highest BCUT2D eigenvalue weighted by Crippen LogP contribution is 2.15. The lowest BCUT2D eigenvalue weighted by Crippen LogP contribution is -2.34. The van der Waals surface area contributed by atoms with E-state index in [-0.39, 0.29) is 12.5 Å². The van der Waals surface area contributed by atoms with Crippen molar-refractivity contribution >= 4 is 27.8 Å². The Morgan fingerprint density at radius 2 is 1.81 bits per heavy atom. The van der Waals surface area contributed by atoms with E-state index in [1.54, 1.807) is 12.1 Å². The van der Waals surface area contributed by atoms with E-state index in [9.17, 15) is 4.79 Å². The first-order chi connectivity index (χ1) is 10.0. The summed E-state index contributed by atoms with van der Waals surface area (Å²) in [5.41, 5.74) is 6.80. The fourth-order valence-corrected chi connectivity index (χ4v) is 1.89. The van der Waals surface area contributed by atoms with E-state index in [1.165, 1.54) is 0 Å². The second-order valence-corrected chi connectivity index (χ2v) is 5.31. The van der Waals surface area contributed by atoms with Crippen LogP contribution in [-0.2, 0) is 4.79 Å². The maximum absolute atomic E-state index is 11.7. The Kier molecular flexibility index (Phi) is 5.10. The lowest BCUT2D eigenvalue weighted by Gasteiger charge is -2.09. The Hall–Kier alpha value is -2.15. The van der Waals surface area contributed by atoms with Crippen molar-refractivity contribution in [1.82, 2.24) is 15.4 Å². The average Bonchev–Trinajstić information content (AvgIpc) is 2.43. The SMILES string of the molecule is Cc1cc(C)nc(NNC(=O)COc2ccc(Br)cc2)n1. The minimum Gasteiger partial charge on any atom is -0.484 e. The molecule has 1 aromatic carbocycles. The highest BCUT2D eigenvalue weighted by molar-refractivity contribution is 9.10. The number of amides is 1. The number of ether oxygens (including phenoxy) is 1. The van der Waals surface area contributed by atoms with Crippen molar-refractivity contribution in [2.75, 3.05) is 12.0 Å². The van der Waals surface area contributed by atoms with E-state index < -0.39 is 0 Å². The number of carbonyl (C=O) groups is 1. The summed E-state index contributed by atoms with van der Waals surface area (Å²) in [5, 5.41) is 0. The molecule has 0 aliphatic heterocycles. The van der Waals surface area contributed by atoms with Crippen LogP contribution in [0.5, 0.6) is 5.75 Å². The molecule has 6 nitrogen and oxygen atoms in total. The van der Waals surface area contributed by atoms with E-state index in [0.717, 1.165) is 15.9 Å². The lowest BCUT2D eigenvalue weighted by molar-refractivity contribution is -0.122. The highest BCUT2D eigenvalue weighted by Gasteiger charge is 2.04. The molecule has 0 fully saturated rings. The highest BCUT2D eigenvalue weighted by atomic mass is 79.9. The predicted octanol–water partition coefficient (Wildman–Crippen LogP) is 2.38. The van der Waals surface area contributed by atoms with Gasteiger partial charge in [-0.2, -0.15) is 0 Å². The number of hydrogen-bond acceptors (Lipinski definition) is 5. The van der Waals surface area contributed by atoms with Gasteiger partial charge in [0.05, 0.1) is 0 Å². The number of nitrogens with one attached hydrogen (secondary N) is 2. The fourth-order valence-electron chi connectivity index (χ4n) is 1.62. The van der Waals surface area contributed by atoms with Crippen molar-refractivity contribution in [3.05, 3.63) is 46.2 Å². The molecule has 0 unspecified atom stereocenters. The van der Waals surface area contributed by atoms with Crippen LogP contribution in [0.3, 0.4) is 0 Å². The molecule has 2 N–H and O–H groups in total. The number of aromatic nitrogens is 2. The van der Waals surface area contributed by atoms with Gasteiger partial charge in [0.25, 0.3) is 5.91 Å². The first-order valence-corrected chi connectivity index (χ1v) is 7.08. The van der Waals surface area contributed by atoms with Crippen LogP contribution < -0.4 is 15.6 Å². The molecule has 1 amide bonds. The van der Waals surface area contributed by atoms with Crippen LogP contribution in [0.1, 0.15) is 11.4 Å². The van der Waals surface area contributed by atoms with Crippen LogP contribution in [0, 0.1) is 13.8 Å². The van der Waals surface area contributed by atoms with Gasteiger partial charge in [0.15, 0.2) is 6.61 Å². The zero-order chi connectivity index (χ0) is 15.2. The van der Waals surface area contributed by atoms with Crippen molar-refractivity contribution in [1.29, 1.82) is 0 Å². The summed E-state index contributed by atoms with van der Waals surface area (Å²) >= 11 is 3.33. The third-order valence-corrected chi connectivity index (χ3v) is 3.01. The number of nitrogens with zero attached hydrogens (tertiary/aromatic N) is 2. The van der Waals surface area contributed by atoms with Crippen LogP contribution in [-0.4, -0.2) is 22.5 Å². The van der Waals surface area contributed by atoms with Gasteiger partial charge in [-0.1, -0.05) is 15.9 Å². The van der Waals surface area contributed by atoms with Crippen LogP contribution in [0.4, 0.5) is 5.95 Å². The molecule has 2 rings (SSSR count). The van der Waals surface area contributed by atoms with Crippen molar-refractivity contribution < 1.29 is 9.53 Å². The molecule has 2 aromatic rings. The molecular weight excluding hydrogens is 336 g/mol. The molecule has 0 bridgehead atoms. The first kappa shape index (κ1) is 15.2. The Bertz CT molecular complexity index is 611. The maximum atomic E-state index is 11.7. The Morgan fingerprint density at radius 1 is 1.19 bits per heavy atom. The van der Waals surface area contributed by atoms with Gasteiger partial charge in [0.2, 0.25) is 5.95 Å². The van der Waals surface area contributed by atoms with E-state index in [4.69, 9.17) is 4.74 Å². The summed E-state index contributed by atoms with van der Waals surface area (Å²) in [6.45, 7) is 3.62. The Balaban J connectivity index is 1.80. The molecule has 7 heteroatoms. The summed E-state index contributed by atoms with van der Waals surface area (Å²) < 4.78 is 6.30. The van der Waals surface area contributed by atoms with Gasteiger partial charge in [-0.3, -0.25) is 15.6 Å². The summed E-state index contributed by atoms with van der Waals surface area (Å²) in [6, 6.07) is 9.09. The number of benzene rings is 1. The molecule has 0 aliphatic carbocycles. The molecule has 110 valence electrons. The minimum absolute atomic E-state index is 0.0978. The molecule has 0 radical (unpaired) electrons. The normalized spacial score (nSPS) is 10.0. The number of aryl methyl sites for hydroxylation is 2. The second-order valence-electron chi connectivity index (χ2n) is 4.39. The maximum Gasteiger partial charge on any atom is 0.276 e. The van der Waals surface area contributed by atoms with Crippen molar-refractivity contribution in [2.45, 2.75) is 13.8 Å². The standard InChI is InChI=1S/C14H15BrN4O2/c1-9-7-10(2)17-14(16-9)19-18-13(20)8-21-12-5-3-11(15)4-6-12/h3-7H,8H2,1-2H3,(H,18,20)(H,16,17,19). The molecule has 0 atom stereocenters. The predicted molar refractivity (Wildman–Crippen MR) is 82.9 cm³/mol. The molecule has 0 saturated carbocycles. The quantitative estimate of drug-likeness (QED) is 0.809. The van der Waals surface area contributed by atoms with Crippen molar-refractivity contribution in [2.24, 2.45) is 0 Å². The first-order valence-electron chi connectivity index (χ1n) is 6.28. The van der Waals surface area contributed by atoms with Gasteiger partial charge in [-0.05, 0) is 44.2 Å². The van der Waals surface area contributed by atoms with Crippen LogP contribution in [0.25, 0.3) is 0 Å². The smallest absolute Gasteiger partial charge is 0.276 e. The van der Waals surface area contributed by atoms with Gasteiger partial charge in [0.1, 0.15) is 5.75 Å². The Labute approximate surface area is 131 Å². The van der Waals surface area contributed by atoms with E-state index in [1.807, 2.05) is 32.0 Å². The van der Waals surface area contributed by atoms with Crippen LogP contribution in [0.2, 0.25) is 0 Å². The van der Waals surface area contributed by atoms with Gasteiger partial charge in [-0.15, -0.1) is 0 Å². The molecule has 21 heavy (non-hydrogen) atoms. The molecule has 0 saturated heterocycles. The van der Waals surface area contributed by atoms with Crippen LogP contribution in [0.15, 0.2) is 34.8 Å². The minimum atomic E-state index is -0.319. The largest absolute Gasteiger partial charge is 0.484 e. The van der Waals surface area contributed by atoms with Gasteiger partial charge in [0, 0.05) is 15.9 Å². The number of carbonyl (C=O) groups excluding carboxylic acids is 1. The second kappa shape index (κ2) is 7.03. The molecule has 1 heterocycles. The Morgan fingerprint density at radius 3 is 2.43 bits per heavy atom. The number of anilines is 1. The number of halogens is 1. The van der Waals surface area contributed by atoms with Gasteiger partial charge >= 0.3 is 0 Å². The fraction of sp³-hybridized carbons (Fsp3) is 0.214. The average molecular weight is 351 g/mol. The van der Waals surface area contributed by atoms with Crippen LogP contribution >= 0.6 is 15.9 Å². The summed E-state index contributed by atoms with van der Waals surface area (Å²) in [7, 11) is 0. The molecule has 0 spiro atoms. The van der Waals surface area contributed by atoms with Gasteiger partial charge < -0.3 is 4.74 Å².